The summed E-state index contributed by atoms with van der Waals surface area (Å²) in [4.78, 5) is 22.6. The molecule has 0 radical (unpaired) electrons. The highest BCUT2D eigenvalue weighted by atomic mass is 16.6. The van der Waals surface area contributed by atoms with Crippen LogP contribution in [0, 0.1) is 24.0 Å². The number of amides is 1. The summed E-state index contributed by atoms with van der Waals surface area (Å²) < 4.78 is 5.67. The molecule has 6 heteroatoms. The Balaban J connectivity index is 2.06. The van der Waals surface area contributed by atoms with Crippen molar-refractivity contribution in [3.05, 3.63) is 63.2 Å². The van der Waals surface area contributed by atoms with Crippen LogP contribution in [0.1, 0.15) is 36.5 Å². The monoisotopic (exact) mass is 342 g/mol. The van der Waals surface area contributed by atoms with Crippen molar-refractivity contribution >= 4 is 17.3 Å². The minimum absolute atomic E-state index is 0.0282. The van der Waals surface area contributed by atoms with Gasteiger partial charge in [0.2, 0.25) is 0 Å². The summed E-state index contributed by atoms with van der Waals surface area (Å²) >= 11 is 0. The summed E-state index contributed by atoms with van der Waals surface area (Å²) in [6, 6.07) is 10.5. The molecule has 0 unspecified atom stereocenters. The van der Waals surface area contributed by atoms with Crippen LogP contribution in [0.2, 0.25) is 0 Å². The van der Waals surface area contributed by atoms with Crippen LogP contribution in [0.4, 0.5) is 11.4 Å². The van der Waals surface area contributed by atoms with Crippen LogP contribution < -0.4 is 10.1 Å². The summed E-state index contributed by atoms with van der Waals surface area (Å²) in [6.45, 7) is 7.57. The fourth-order valence-electron chi connectivity index (χ4n) is 2.47. The van der Waals surface area contributed by atoms with Crippen LogP contribution in [0.25, 0.3) is 0 Å². The van der Waals surface area contributed by atoms with E-state index in [1.807, 2.05) is 25.1 Å². The number of benzene rings is 2. The van der Waals surface area contributed by atoms with Crippen LogP contribution in [-0.4, -0.2) is 17.4 Å². The van der Waals surface area contributed by atoms with Crippen molar-refractivity contribution < 1.29 is 14.5 Å². The standard InChI is InChI=1S/C19H22N2O4/c1-12(2)16-8-5-13(3)9-18(16)25-11-19(22)20-15-7-6-14(4)17(10-15)21(23)24/h5-10,12H,11H2,1-4H3,(H,20,22). The Bertz CT molecular complexity index is 800. The molecule has 0 bridgehead atoms. The van der Waals surface area contributed by atoms with Crippen molar-refractivity contribution in [1.29, 1.82) is 0 Å². The fourth-order valence-corrected chi connectivity index (χ4v) is 2.47. The molecule has 0 aliphatic heterocycles. The number of carbonyl (C=O) groups is 1. The van der Waals surface area contributed by atoms with E-state index in [1.54, 1.807) is 19.1 Å². The molecule has 0 aromatic heterocycles. The molecule has 2 aromatic rings. The third kappa shape index (κ3) is 4.79. The highest BCUT2D eigenvalue weighted by Crippen LogP contribution is 2.27. The van der Waals surface area contributed by atoms with Gasteiger partial charge in [-0.05, 0) is 43.0 Å². The molecule has 0 aliphatic carbocycles. The van der Waals surface area contributed by atoms with Gasteiger partial charge in [0.1, 0.15) is 5.75 Å². The zero-order chi connectivity index (χ0) is 18.6. The number of ether oxygens (including phenoxy) is 1. The first-order chi connectivity index (χ1) is 11.8. The van der Waals surface area contributed by atoms with Gasteiger partial charge in [-0.1, -0.05) is 32.0 Å². The Labute approximate surface area is 147 Å². The van der Waals surface area contributed by atoms with Crippen LogP contribution in [-0.2, 0) is 4.79 Å². The van der Waals surface area contributed by atoms with Crippen LogP contribution >= 0.6 is 0 Å². The molecule has 1 N–H and O–H groups in total. The second-order valence-electron chi connectivity index (χ2n) is 6.29. The number of nitro benzene ring substituents is 1. The van der Waals surface area contributed by atoms with Gasteiger partial charge in [-0.15, -0.1) is 0 Å². The Morgan fingerprint density at radius 3 is 2.56 bits per heavy atom. The summed E-state index contributed by atoms with van der Waals surface area (Å²) in [5, 5.41) is 13.6. The lowest BCUT2D eigenvalue weighted by atomic mass is 10.0. The molecular weight excluding hydrogens is 320 g/mol. The van der Waals surface area contributed by atoms with Crippen molar-refractivity contribution in [3.63, 3.8) is 0 Å². The molecule has 0 saturated heterocycles. The van der Waals surface area contributed by atoms with E-state index in [0.29, 0.717) is 17.0 Å². The largest absolute Gasteiger partial charge is 0.483 e. The van der Waals surface area contributed by atoms with Crippen molar-refractivity contribution in [2.24, 2.45) is 0 Å². The van der Waals surface area contributed by atoms with E-state index in [-0.39, 0.29) is 24.1 Å². The Morgan fingerprint density at radius 2 is 1.92 bits per heavy atom. The van der Waals surface area contributed by atoms with Gasteiger partial charge in [0.05, 0.1) is 4.92 Å². The van der Waals surface area contributed by atoms with Gasteiger partial charge >= 0.3 is 0 Å². The molecule has 132 valence electrons. The molecule has 2 aromatic carbocycles. The predicted octanol–water partition coefficient (Wildman–Crippen LogP) is 4.35. The zero-order valence-corrected chi connectivity index (χ0v) is 14.8. The minimum atomic E-state index is -0.469. The summed E-state index contributed by atoms with van der Waals surface area (Å²) in [5.74, 6) is 0.591. The molecule has 0 saturated carbocycles. The van der Waals surface area contributed by atoms with Crippen molar-refractivity contribution in [3.8, 4) is 5.75 Å². The highest BCUT2D eigenvalue weighted by Gasteiger charge is 2.14. The lowest BCUT2D eigenvalue weighted by Crippen LogP contribution is -2.20. The second-order valence-corrected chi connectivity index (χ2v) is 6.29. The summed E-state index contributed by atoms with van der Waals surface area (Å²) in [7, 11) is 0. The van der Waals surface area contributed by atoms with Crippen molar-refractivity contribution in [2.45, 2.75) is 33.6 Å². The molecule has 6 nitrogen and oxygen atoms in total. The van der Waals surface area contributed by atoms with Crippen molar-refractivity contribution in [1.82, 2.24) is 0 Å². The van der Waals surface area contributed by atoms with E-state index in [9.17, 15) is 14.9 Å². The molecule has 0 spiro atoms. The van der Waals surface area contributed by atoms with E-state index >= 15 is 0 Å². The average Bonchev–Trinajstić information content (AvgIpc) is 2.54. The van der Waals surface area contributed by atoms with Gasteiger partial charge in [0, 0.05) is 17.3 Å². The SMILES string of the molecule is Cc1ccc(C(C)C)c(OCC(=O)Nc2ccc(C)c([N+](=O)[O-])c2)c1. The number of rotatable bonds is 6. The maximum atomic E-state index is 12.1. The number of hydrogen-bond acceptors (Lipinski definition) is 4. The summed E-state index contributed by atoms with van der Waals surface area (Å²) in [6.07, 6.45) is 0. The molecule has 1 amide bonds. The smallest absolute Gasteiger partial charge is 0.274 e. The van der Waals surface area contributed by atoms with Gasteiger partial charge in [-0.25, -0.2) is 0 Å². The third-order valence-electron chi connectivity index (χ3n) is 3.84. The maximum Gasteiger partial charge on any atom is 0.274 e. The number of hydrogen-bond donors (Lipinski definition) is 1. The molecule has 0 aliphatic rings. The quantitative estimate of drug-likeness (QED) is 0.625. The Kier molecular flexibility index (Phi) is 5.75. The van der Waals surface area contributed by atoms with Crippen LogP contribution in [0.3, 0.4) is 0 Å². The van der Waals surface area contributed by atoms with Crippen molar-refractivity contribution in [2.75, 3.05) is 11.9 Å². The predicted molar refractivity (Wildman–Crippen MR) is 97.2 cm³/mol. The lowest BCUT2D eigenvalue weighted by molar-refractivity contribution is -0.385. The zero-order valence-electron chi connectivity index (χ0n) is 14.8. The number of aryl methyl sites for hydroxylation is 2. The minimum Gasteiger partial charge on any atom is -0.483 e. The van der Waals surface area contributed by atoms with E-state index in [2.05, 4.69) is 19.2 Å². The molecular formula is C19H22N2O4. The summed E-state index contributed by atoms with van der Waals surface area (Å²) in [5.41, 5.74) is 2.97. The van der Waals surface area contributed by atoms with Crippen LogP contribution in [0.5, 0.6) is 5.75 Å². The first-order valence-electron chi connectivity index (χ1n) is 8.06. The number of nitro groups is 1. The van der Waals surface area contributed by atoms with E-state index in [0.717, 1.165) is 11.1 Å². The van der Waals surface area contributed by atoms with E-state index in [1.165, 1.54) is 6.07 Å². The Morgan fingerprint density at radius 1 is 1.20 bits per heavy atom. The second kappa shape index (κ2) is 7.79. The topological polar surface area (TPSA) is 81.5 Å². The van der Waals surface area contributed by atoms with Gasteiger partial charge < -0.3 is 10.1 Å². The van der Waals surface area contributed by atoms with Gasteiger partial charge in [0.15, 0.2) is 6.61 Å². The first-order valence-corrected chi connectivity index (χ1v) is 8.06. The molecule has 2 rings (SSSR count). The fraction of sp³-hybridized carbons (Fsp3) is 0.316. The van der Waals surface area contributed by atoms with E-state index in [4.69, 9.17) is 4.74 Å². The average molecular weight is 342 g/mol. The molecule has 0 heterocycles. The number of nitrogens with one attached hydrogen (secondary N) is 1. The maximum absolute atomic E-state index is 12.1. The molecule has 25 heavy (non-hydrogen) atoms. The third-order valence-corrected chi connectivity index (χ3v) is 3.84. The highest BCUT2D eigenvalue weighted by molar-refractivity contribution is 5.92. The van der Waals surface area contributed by atoms with Gasteiger partial charge in [0.25, 0.3) is 11.6 Å². The first kappa shape index (κ1) is 18.4. The Hall–Kier alpha value is -2.89. The molecule has 0 fully saturated rings. The van der Waals surface area contributed by atoms with Gasteiger partial charge in [-0.3, -0.25) is 14.9 Å². The normalized spacial score (nSPS) is 10.6. The van der Waals surface area contributed by atoms with E-state index < -0.39 is 4.92 Å². The molecule has 0 atom stereocenters. The van der Waals surface area contributed by atoms with Crippen LogP contribution in [0.15, 0.2) is 36.4 Å². The number of nitrogens with zero attached hydrogens (tertiary/aromatic N) is 1. The number of carbonyl (C=O) groups excluding carboxylic acids is 1. The van der Waals surface area contributed by atoms with Gasteiger partial charge in [-0.2, -0.15) is 0 Å². The lowest BCUT2D eigenvalue weighted by Gasteiger charge is -2.15. The number of anilines is 1.